The van der Waals surface area contributed by atoms with Crippen LogP contribution in [0, 0.1) is 5.92 Å². The van der Waals surface area contributed by atoms with Gasteiger partial charge in [0.2, 0.25) is 5.91 Å². The quantitative estimate of drug-likeness (QED) is 0.438. The van der Waals surface area contributed by atoms with E-state index in [2.05, 4.69) is 12.2 Å². The SMILES string of the molecule is CCCC1C[C@H](C(=O)NC(C(C)Cl)C2O[C@H](SC)C(O)[C@H](O)[C@H]2O)N(C)C1. The minimum absolute atomic E-state index is 0.147. The fourth-order valence-corrected chi connectivity index (χ4v) is 5.00. The number of nitrogens with one attached hydrogen (secondary N) is 1. The third-order valence-electron chi connectivity index (χ3n) is 5.63. The number of thioether (sulfide) groups is 1. The summed E-state index contributed by atoms with van der Waals surface area (Å²) in [4.78, 5) is 14.9. The second-order valence-electron chi connectivity index (χ2n) is 7.73. The first-order valence-electron chi connectivity index (χ1n) is 9.58. The minimum Gasteiger partial charge on any atom is -0.388 e. The number of aliphatic hydroxyl groups excluding tert-OH is 3. The van der Waals surface area contributed by atoms with Gasteiger partial charge in [-0.25, -0.2) is 0 Å². The van der Waals surface area contributed by atoms with Gasteiger partial charge in [0.1, 0.15) is 29.9 Å². The molecule has 0 spiro atoms. The van der Waals surface area contributed by atoms with E-state index in [0.717, 1.165) is 25.8 Å². The highest BCUT2D eigenvalue weighted by Crippen LogP contribution is 2.31. The van der Waals surface area contributed by atoms with Crippen LogP contribution in [0.5, 0.6) is 0 Å². The Hall–Kier alpha value is -0.0900. The van der Waals surface area contributed by atoms with Crippen molar-refractivity contribution in [3.63, 3.8) is 0 Å². The van der Waals surface area contributed by atoms with Crippen molar-refractivity contribution in [1.82, 2.24) is 10.2 Å². The molecule has 0 aromatic heterocycles. The van der Waals surface area contributed by atoms with Crippen molar-refractivity contribution in [3.8, 4) is 0 Å². The van der Waals surface area contributed by atoms with E-state index < -0.39 is 41.3 Å². The van der Waals surface area contributed by atoms with Crippen LogP contribution in [-0.2, 0) is 9.53 Å². The molecular formula is C18H33ClN2O5S. The highest BCUT2D eigenvalue weighted by molar-refractivity contribution is 7.99. The van der Waals surface area contributed by atoms with Crippen LogP contribution in [0.25, 0.3) is 0 Å². The zero-order valence-electron chi connectivity index (χ0n) is 16.4. The third kappa shape index (κ3) is 5.29. The molecule has 27 heavy (non-hydrogen) atoms. The van der Waals surface area contributed by atoms with E-state index >= 15 is 0 Å². The van der Waals surface area contributed by atoms with E-state index in [1.165, 1.54) is 11.8 Å². The van der Waals surface area contributed by atoms with Crippen molar-refractivity contribution in [2.24, 2.45) is 5.92 Å². The van der Waals surface area contributed by atoms with Gasteiger partial charge in [-0.1, -0.05) is 13.3 Å². The van der Waals surface area contributed by atoms with Gasteiger partial charge in [-0.3, -0.25) is 9.69 Å². The minimum atomic E-state index is -1.36. The van der Waals surface area contributed by atoms with E-state index in [1.807, 2.05) is 11.9 Å². The number of carbonyl (C=O) groups excluding carboxylic acids is 1. The number of likely N-dealkylation sites (N-methyl/N-ethyl adjacent to an activating group) is 1. The number of hydrogen-bond acceptors (Lipinski definition) is 7. The molecule has 2 aliphatic heterocycles. The summed E-state index contributed by atoms with van der Waals surface area (Å²) in [5.41, 5.74) is -0.702. The molecule has 2 rings (SSSR count). The average Bonchev–Trinajstić information content (AvgIpc) is 2.99. The zero-order chi connectivity index (χ0) is 20.3. The number of ether oxygens (including phenoxy) is 1. The molecule has 1 amide bonds. The summed E-state index contributed by atoms with van der Waals surface area (Å²) >= 11 is 7.55. The van der Waals surface area contributed by atoms with E-state index in [1.54, 1.807) is 13.2 Å². The first-order valence-corrected chi connectivity index (χ1v) is 11.3. The number of hydrogen-bond donors (Lipinski definition) is 4. The van der Waals surface area contributed by atoms with Gasteiger partial charge in [-0.15, -0.1) is 23.4 Å². The number of halogens is 1. The number of amides is 1. The molecule has 2 saturated heterocycles. The molecule has 0 aliphatic carbocycles. The second kappa shape index (κ2) is 10.1. The molecule has 0 aromatic rings. The van der Waals surface area contributed by atoms with Gasteiger partial charge in [-0.2, -0.15) is 0 Å². The number of alkyl halides is 1. The summed E-state index contributed by atoms with van der Waals surface area (Å²) in [5.74, 6) is 0.350. The van der Waals surface area contributed by atoms with Gasteiger partial charge < -0.3 is 25.4 Å². The first-order chi connectivity index (χ1) is 12.7. The van der Waals surface area contributed by atoms with Crippen LogP contribution in [0.1, 0.15) is 33.1 Å². The molecule has 0 saturated carbocycles. The van der Waals surface area contributed by atoms with Crippen LogP contribution < -0.4 is 5.32 Å². The van der Waals surface area contributed by atoms with Gasteiger partial charge in [0.15, 0.2) is 0 Å². The number of rotatable bonds is 7. The summed E-state index contributed by atoms with van der Waals surface area (Å²) in [5, 5.41) is 33.0. The number of nitrogens with zero attached hydrogens (tertiary/aromatic N) is 1. The predicted molar refractivity (Wildman–Crippen MR) is 107 cm³/mol. The molecule has 158 valence electrons. The molecule has 0 aromatic carbocycles. The number of carbonyl (C=O) groups is 1. The highest BCUT2D eigenvalue weighted by atomic mass is 35.5. The van der Waals surface area contributed by atoms with Crippen molar-refractivity contribution in [3.05, 3.63) is 0 Å². The molecule has 2 heterocycles. The zero-order valence-corrected chi connectivity index (χ0v) is 18.0. The Kier molecular flexibility index (Phi) is 8.67. The van der Waals surface area contributed by atoms with Gasteiger partial charge in [0.25, 0.3) is 0 Å². The monoisotopic (exact) mass is 424 g/mol. The smallest absolute Gasteiger partial charge is 0.237 e. The van der Waals surface area contributed by atoms with Crippen molar-refractivity contribution >= 4 is 29.3 Å². The standard InChI is InChI=1S/C18H33ClN2O5S/c1-5-6-10-7-11(21(3)8-10)17(25)20-12(9(2)19)16-14(23)13(22)15(24)18(26-16)27-4/h9-16,18,22-24H,5-8H2,1-4H3,(H,20,25)/t9?,10?,11-,12?,13-,14-,15?,16?,18-/m1/s1. The first kappa shape index (κ1) is 23.2. The van der Waals surface area contributed by atoms with Crippen molar-refractivity contribution < 1.29 is 24.9 Å². The molecule has 4 N–H and O–H groups in total. The Bertz CT molecular complexity index is 498. The van der Waals surface area contributed by atoms with Crippen LogP contribution in [0.3, 0.4) is 0 Å². The average molecular weight is 425 g/mol. The van der Waals surface area contributed by atoms with Gasteiger partial charge in [0, 0.05) is 6.54 Å². The van der Waals surface area contributed by atoms with Crippen LogP contribution in [0.2, 0.25) is 0 Å². The summed E-state index contributed by atoms with van der Waals surface area (Å²) in [6.07, 6.45) is -0.0980. The molecule has 2 fully saturated rings. The highest BCUT2D eigenvalue weighted by Gasteiger charge is 2.48. The molecule has 9 atom stereocenters. The largest absolute Gasteiger partial charge is 0.388 e. The summed E-state index contributed by atoms with van der Waals surface area (Å²) in [6.45, 7) is 4.74. The predicted octanol–water partition coefficient (Wildman–Crippen LogP) is 0.390. The van der Waals surface area contributed by atoms with E-state index in [9.17, 15) is 20.1 Å². The Labute approximate surface area is 170 Å². The summed E-state index contributed by atoms with van der Waals surface area (Å²) in [7, 11) is 1.94. The third-order valence-corrected chi connectivity index (χ3v) is 6.76. The fourth-order valence-electron chi connectivity index (χ4n) is 4.11. The summed E-state index contributed by atoms with van der Waals surface area (Å²) in [6, 6.07) is -0.934. The molecule has 0 bridgehead atoms. The normalized spacial score (nSPS) is 39.9. The number of aliphatic hydroxyl groups is 3. The van der Waals surface area contributed by atoms with Crippen molar-refractivity contribution in [1.29, 1.82) is 0 Å². The Balaban J connectivity index is 2.09. The van der Waals surface area contributed by atoms with Crippen molar-refractivity contribution in [2.75, 3.05) is 19.8 Å². The maximum atomic E-state index is 12.9. The van der Waals surface area contributed by atoms with Crippen LogP contribution in [-0.4, -0.2) is 93.3 Å². The van der Waals surface area contributed by atoms with Crippen LogP contribution in [0.15, 0.2) is 0 Å². The molecule has 7 nitrogen and oxygen atoms in total. The maximum Gasteiger partial charge on any atom is 0.237 e. The Morgan fingerprint density at radius 1 is 1.33 bits per heavy atom. The fraction of sp³-hybridized carbons (Fsp3) is 0.944. The lowest BCUT2D eigenvalue weighted by molar-refractivity contribution is -0.205. The molecule has 2 aliphatic rings. The lowest BCUT2D eigenvalue weighted by Crippen LogP contribution is -2.65. The van der Waals surface area contributed by atoms with Gasteiger partial charge >= 0.3 is 0 Å². The Morgan fingerprint density at radius 2 is 2.00 bits per heavy atom. The van der Waals surface area contributed by atoms with Gasteiger partial charge in [-0.05, 0) is 39.0 Å². The lowest BCUT2D eigenvalue weighted by Gasteiger charge is -2.44. The van der Waals surface area contributed by atoms with E-state index in [4.69, 9.17) is 16.3 Å². The summed E-state index contributed by atoms with van der Waals surface area (Å²) < 4.78 is 5.79. The topological polar surface area (TPSA) is 102 Å². The molecule has 5 unspecified atom stereocenters. The maximum absolute atomic E-state index is 12.9. The lowest BCUT2D eigenvalue weighted by atomic mass is 9.92. The Morgan fingerprint density at radius 3 is 2.56 bits per heavy atom. The van der Waals surface area contributed by atoms with Crippen LogP contribution in [0.4, 0.5) is 0 Å². The number of likely N-dealkylation sites (tertiary alicyclic amines) is 1. The van der Waals surface area contributed by atoms with E-state index in [-0.39, 0.29) is 11.9 Å². The van der Waals surface area contributed by atoms with E-state index in [0.29, 0.717) is 5.92 Å². The second-order valence-corrected chi connectivity index (χ2v) is 9.36. The molecular weight excluding hydrogens is 392 g/mol. The molecule has 9 heteroatoms. The van der Waals surface area contributed by atoms with Crippen molar-refractivity contribution in [2.45, 2.75) is 80.4 Å². The van der Waals surface area contributed by atoms with Gasteiger partial charge in [0.05, 0.1) is 17.5 Å². The van der Waals surface area contributed by atoms with Crippen LogP contribution >= 0.6 is 23.4 Å². The molecule has 0 radical (unpaired) electrons.